The van der Waals surface area contributed by atoms with E-state index >= 15 is 0 Å². The van der Waals surface area contributed by atoms with Crippen molar-refractivity contribution in [2.24, 2.45) is 5.41 Å². The number of hydrogen-bond acceptors (Lipinski definition) is 0. The van der Waals surface area contributed by atoms with E-state index in [1.165, 1.54) is 16.3 Å². The molecule has 0 atom stereocenters. The molecule has 0 radical (unpaired) electrons. The SMILES string of the molecule is Cc1ccc(C(=C=C(CC(C)(C)C)[Si](C)(C)C)[Si](C)(C)C)cc1. The number of benzene rings is 1. The van der Waals surface area contributed by atoms with Gasteiger partial charge in [-0.1, -0.05) is 89.9 Å². The Morgan fingerprint density at radius 1 is 0.870 bits per heavy atom. The lowest BCUT2D eigenvalue weighted by Crippen LogP contribution is -2.28. The third-order valence-electron chi connectivity index (χ3n) is 3.98. The largest absolute Gasteiger partial charge is 0.127 e. The minimum absolute atomic E-state index is 0.320. The minimum atomic E-state index is -1.45. The number of allylic oxidation sites excluding steroid dienone is 1. The quantitative estimate of drug-likeness (QED) is 0.404. The van der Waals surface area contributed by atoms with E-state index in [2.05, 4.69) is 97.0 Å². The zero-order valence-corrected chi connectivity index (χ0v) is 19.0. The van der Waals surface area contributed by atoms with Gasteiger partial charge in [0.1, 0.15) is 0 Å². The lowest BCUT2D eigenvalue weighted by molar-refractivity contribution is 0.415. The van der Waals surface area contributed by atoms with Crippen molar-refractivity contribution in [3.63, 3.8) is 0 Å². The molecule has 0 aliphatic carbocycles. The standard InChI is InChI=1S/C21H36Si2/c1-17-11-13-18(14-12-17)20(23(8,9)10)15-19(22(5,6)7)16-21(2,3)4/h11-14H,16H2,1-10H3. The summed E-state index contributed by atoms with van der Waals surface area (Å²) in [5.41, 5.74) is 7.00. The minimum Gasteiger partial charge on any atom is -0.127 e. The van der Waals surface area contributed by atoms with E-state index in [1.807, 2.05) is 0 Å². The molecule has 0 saturated heterocycles. The molecule has 0 fully saturated rings. The summed E-state index contributed by atoms with van der Waals surface area (Å²) in [6, 6.07) is 9.04. The molecule has 0 unspecified atom stereocenters. The number of hydrogen-bond donors (Lipinski definition) is 0. The summed E-state index contributed by atoms with van der Waals surface area (Å²) in [6.45, 7) is 23.9. The molecule has 0 bridgehead atoms. The molecular formula is C21H36Si2. The van der Waals surface area contributed by atoms with Crippen LogP contribution in [-0.4, -0.2) is 16.1 Å². The Kier molecular flexibility index (Phi) is 6.12. The van der Waals surface area contributed by atoms with Gasteiger partial charge in [0.2, 0.25) is 0 Å². The van der Waals surface area contributed by atoms with Crippen LogP contribution in [-0.2, 0) is 0 Å². The monoisotopic (exact) mass is 344 g/mol. The van der Waals surface area contributed by atoms with Crippen molar-refractivity contribution < 1.29 is 0 Å². The Morgan fingerprint density at radius 2 is 1.35 bits per heavy atom. The van der Waals surface area contributed by atoms with Gasteiger partial charge < -0.3 is 0 Å². The Hall–Kier alpha value is -0.826. The summed E-state index contributed by atoms with van der Waals surface area (Å²) in [4.78, 5) is 0. The fraction of sp³-hybridized carbons (Fsp3) is 0.571. The van der Waals surface area contributed by atoms with Crippen LogP contribution in [0.15, 0.2) is 35.2 Å². The summed E-state index contributed by atoms with van der Waals surface area (Å²) in [5, 5.41) is 3.07. The van der Waals surface area contributed by atoms with Crippen molar-refractivity contribution in [2.75, 3.05) is 0 Å². The molecular weight excluding hydrogens is 308 g/mol. The first-order valence-corrected chi connectivity index (χ1v) is 15.8. The first-order valence-electron chi connectivity index (χ1n) is 8.78. The molecule has 1 rings (SSSR count). The molecule has 0 spiro atoms. The van der Waals surface area contributed by atoms with Crippen molar-refractivity contribution in [1.29, 1.82) is 0 Å². The van der Waals surface area contributed by atoms with Crippen molar-refractivity contribution in [3.8, 4) is 0 Å². The molecule has 0 N–H and O–H groups in total. The maximum absolute atomic E-state index is 3.98. The van der Waals surface area contributed by atoms with Crippen LogP contribution in [0.5, 0.6) is 0 Å². The Labute approximate surface area is 146 Å². The van der Waals surface area contributed by atoms with Crippen molar-refractivity contribution in [3.05, 3.63) is 46.3 Å². The van der Waals surface area contributed by atoms with Crippen LogP contribution in [0.2, 0.25) is 39.3 Å². The zero-order chi connectivity index (χ0) is 18.1. The summed E-state index contributed by atoms with van der Waals surface area (Å²) in [5.74, 6) is 0. The fourth-order valence-corrected chi connectivity index (χ4v) is 5.84. The molecule has 0 heterocycles. The predicted molar refractivity (Wildman–Crippen MR) is 112 cm³/mol. The second-order valence-electron chi connectivity index (χ2n) is 10.1. The predicted octanol–water partition coefficient (Wildman–Crippen LogP) is 7.09. The van der Waals surface area contributed by atoms with E-state index in [1.54, 1.807) is 5.20 Å². The third-order valence-corrected chi connectivity index (χ3v) is 8.00. The fourth-order valence-electron chi connectivity index (χ4n) is 2.59. The molecule has 0 aliphatic rings. The molecule has 128 valence electrons. The summed E-state index contributed by atoms with van der Waals surface area (Å²) >= 11 is 0. The summed E-state index contributed by atoms with van der Waals surface area (Å²) in [6.07, 6.45) is 1.16. The molecule has 2 heteroatoms. The van der Waals surface area contributed by atoms with E-state index < -0.39 is 16.1 Å². The molecule has 0 nitrogen and oxygen atoms in total. The summed E-state index contributed by atoms with van der Waals surface area (Å²) < 4.78 is 0. The van der Waals surface area contributed by atoms with Gasteiger partial charge in [0.05, 0.1) is 16.1 Å². The first-order chi connectivity index (χ1) is 10.2. The second-order valence-corrected chi connectivity index (χ2v) is 20.2. The first kappa shape index (κ1) is 20.2. The molecule has 0 amide bonds. The number of aryl methyl sites for hydroxylation is 1. The van der Waals surface area contributed by atoms with Gasteiger partial charge >= 0.3 is 0 Å². The molecule has 0 saturated carbocycles. The maximum atomic E-state index is 3.98. The normalized spacial score (nSPS) is 12.8. The zero-order valence-electron chi connectivity index (χ0n) is 17.0. The van der Waals surface area contributed by atoms with Gasteiger partial charge in [0.15, 0.2) is 0 Å². The lowest BCUT2D eigenvalue weighted by Gasteiger charge is -2.28. The van der Waals surface area contributed by atoms with Crippen LogP contribution in [0.25, 0.3) is 5.20 Å². The lowest BCUT2D eigenvalue weighted by atomic mass is 9.92. The second kappa shape index (κ2) is 6.97. The van der Waals surface area contributed by atoms with Gasteiger partial charge in [-0.05, 0) is 34.7 Å². The molecule has 1 aromatic carbocycles. The van der Waals surface area contributed by atoms with Crippen LogP contribution in [0, 0.1) is 12.3 Å². The van der Waals surface area contributed by atoms with Gasteiger partial charge in [-0.15, -0.1) is 5.73 Å². The van der Waals surface area contributed by atoms with Crippen LogP contribution < -0.4 is 0 Å². The van der Waals surface area contributed by atoms with E-state index in [-0.39, 0.29) is 0 Å². The van der Waals surface area contributed by atoms with Crippen molar-refractivity contribution in [2.45, 2.75) is 73.4 Å². The van der Waals surface area contributed by atoms with Crippen LogP contribution >= 0.6 is 0 Å². The highest BCUT2D eigenvalue weighted by Crippen LogP contribution is 2.32. The maximum Gasteiger partial charge on any atom is 0.0883 e. The Balaban J connectivity index is 3.64. The molecule has 23 heavy (non-hydrogen) atoms. The highest BCUT2D eigenvalue weighted by molar-refractivity contribution is 6.94. The van der Waals surface area contributed by atoms with Crippen LogP contribution in [0.4, 0.5) is 0 Å². The average Bonchev–Trinajstić information content (AvgIpc) is 2.31. The van der Waals surface area contributed by atoms with E-state index in [0.717, 1.165) is 6.42 Å². The van der Waals surface area contributed by atoms with Gasteiger partial charge in [0.25, 0.3) is 0 Å². The van der Waals surface area contributed by atoms with Crippen LogP contribution in [0.1, 0.15) is 38.3 Å². The molecule has 0 aliphatic heterocycles. The smallest absolute Gasteiger partial charge is 0.0883 e. The van der Waals surface area contributed by atoms with E-state index in [4.69, 9.17) is 0 Å². The van der Waals surface area contributed by atoms with E-state index in [0.29, 0.717) is 5.41 Å². The number of rotatable bonds is 4. The third kappa shape index (κ3) is 6.67. The van der Waals surface area contributed by atoms with Gasteiger partial charge in [-0.25, -0.2) is 0 Å². The van der Waals surface area contributed by atoms with Crippen molar-refractivity contribution >= 4 is 21.3 Å². The highest BCUT2D eigenvalue weighted by atomic mass is 28.3. The van der Waals surface area contributed by atoms with Gasteiger partial charge in [-0.2, -0.15) is 0 Å². The topological polar surface area (TPSA) is 0 Å². The Morgan fingerprint density at radius 3 is 1.70 bits per heavy atom. The van der Waals surface area contributed by atoms with Gasteiger partial charge in [-0.3, -0.25) is 0 Å². The average molecular weight is 345 g/mol. The van der Waals surface area contributed by atoms with Gasteiger partial charge in [0, 0.05) is 0 Å². The van der Waals surface area contributed by atoms with E-state index in [9.17, 15) is 0 Å². The molecule has 0 aromatic heterocycles. The summed E-state index contributed by atoms with van der Waals surface area (Å²) in [7, 11) is -2.83. The molecule has 1 aromatic rings. The van der Waals surface area contributed by atoms with Crippen molar-refractivity contribution in [1.82, 2.24) is 0 Å². The Bertz CT molecular complexity index is 593. The highest BCUT2D eigenvalue weighted by Gasteiger charge is 2.27. The van der Waals surface area contributed by atoms with Crippen LogP contribution in [0.3, 0.4) is 0 Å².